The average molecular weight is 450 g/mol. The number of benzene rings is 1. The molecule has 4 rings (SSSR count). The number of hydrogen-bond acceptors (Lipinski definition) is 5. The molecule has 0 saturated carbocycles. The molecule has 0 saturated heterocycles. The molecular weight excluding hydrogens is 430 g/mol. The number of halogens is 1. The number of hydrogen-bond donors (Lipinski definition) is 1. The molecule has 0 bridgehead atoms. The summed E-state index contributed by atoms with van der Waals surface area (Å²) >= 11 is 6.12. The Hall–Kier alpha value is -3.91. The van der Waals surface area contributed by atoms with Crippen molar-refractivity contribution < 1.29 is 14.3 Å². The summed E-state index contributed by atoms with van der Waals surface area (Å²) in [6.45, 7) is 1.93. The van der Waals surface area contributed by atoms with Crippen molar-refractivity contribution in [1.29, 1.82) is 0 Å². The number of ether oxygens (including phenoxy) is 1. The van der Waals surface area contributed by atoms with Gasteiger partial charge in [-0.25, -0.2) is 14.8 Å². The zero-order valence-electron chi connectivity index (χ0n) is 17.7. The molecule has 0 aliphatic rings. The summed E-state index contributed by atoms with van der Waals surface area (Å²) in [5.41, 5.74) is 4.41. The lowest BCUT2D eigenvalue weighted by Crippen LogP contribution is -2.27. The van der Waals surface area contributed by atoms with Gasteiger partial charge in [-0.3, -0.25) is 14.5 Å². The molecule has 162 valence electrons. The van der Waals surface area contributed by atoms with Crippen LogP contribution in [0.5, 0.6) is 0 Å². The number of carbonyl (C=O) groups excluding carboxylic acids is 2. The van der Waals surface area contributed by atoms with Crippen LogP contribution in [-0.4, -0.2) is 40.5 Å². The minimum Gasteiger partial charge on any atom is -0.453 e. The van der Waals surface area contributed by atoms with Crippen LogP contribution >= 0.6 is 11.6 Å². The molecule has 0 aliphatic heterocycles. The van der Waals surface area contributed by atoms with E-state index in [4.69, 9.17) is 11.6 Å². The number of fused-ring (bicyclic) bond motifs is 1. The number of aromatic nitrogens is 3. The second kappa shape index (κ2) is 8.68. The van der Waals surface area contributed by atoms with Gasteiger partial charge < -0.3 is 9.64 Å². The first-order chi connectivity index (χ1) is 15.4. The zero-order chi connectivity index (χ0) is 22.8. The maximum atomic E-state index is 13.2. The second-order valence-corrected chi connectivity index (χ2v) is 7.57. The van der Waals surface area contributed by atoms with Gasteiger partial charge in [0.05, 0.1) is 24.6 Å². The number of nitrogens with zero attached hydrogens (tertiary/aromatic N) is 4. The van der Waals surface area contributed by atoms with Crippen molar-refractivity contribution in [2.24, 2.45) is 0 Å². The lowest BCUT2D eigenvalue weighted by atomic mass is 10.1. The van der Waals surface area contributed by atoms with E-state index in [-0.39, 0.29) is 5.91 Å². The summed E-state index contributed by atoms with van der Waals surface area (Å²) in [5, 5.41) is 3.07. The SMILES string of the molecule is COC(=O)Nc1ccc(-c2cnc3ccc(C(=O)N(C)c4cc(Cl)ccc4C)cn23)cn1. The number of methoxy groups -OCH3 is 1. The van der Waals surface area contributed by atoms with Crippen molar-refractivity contribution in [1.82, 2.24) is 14.4 Å². The fraction of sp³-hybridized carbons (Fsp3) is 0.130. The van der Waals surface area contributed by atoms with Gasteiger partial charge in [-0.05, 0) is 48.9 Å². The normalized spacial score (nSPS) is 10.8. The number of imidazole rings is 1. The van der Waals surface area contributed by atoms with E-state index >= 15 is 0 Å². The summed E-state index contributed by atoms with van der Waals surface area (Å²) in [5.74, 6) is 0.191. The molecule has 0 unspecified atom stereocenters. The monoisotopic (exact) mass is 449 g/mol. The Morgan fingerprint density at radius 3 is 2.62 bits per heavy atom. The molecule has 0 fully saturated rings. The molecule has 8 nitrogen and oxygen atoms in total. The lowest BCUT2D eigenvalue weighted by Gasteiger charge is -2.20. The van der Waals surface area contributed by atoms with Crippen molar-refractivity contribution in [3.05, 3.63) is 77.2 Å². The highest BCUT2D eigenvalue weighted by Gasteiger charge is 2.17. The Morgan fingerprint density at radius 2 is 1.91 bits per heavy atom. The summed E-state index contributed by atoms with van der Waals surface area (Å²) < 4.78 is 6.40. The van der Waals surface area contributed by atoms with E-state index in [1.54, 1.807) is 66.9 Å². The third-order valence-electron chi connectivity index (χ3n) is 5.06. The van der Waals surface area contributed by atoms with Gasteiger partial charge in [0.2, 0.25) is 0 Å². The molecule has 3 heterocycles. The Bertz CT molecular complexity index is 1320. The lowest BCUT2D eigenvalue weighted by molar-refractivity contribution is 0.0992. The van der Waals surface area contributed by atoms with Gasteiger partial charge in [-0.1, -0.05) is 17.7 Å². The van der Waals surface area contributed by atoms with Gasteiger partial charge in [0.15, 0.2) is 0 Å². The van der Waals surface area contributed by atoms with E-state index in [9.17, 15) is 9.59 Å². The number of nitrogens with one attached hydrogen (secondary N) is 1. The number of rotatable bonds is 4. The van der Waals surface area contributed by atoms with Crippen LogP contribution in [-0.2, 0) is 4.74 Å². The predicted molar refractivity (Wildman–Crippen MR) is 123 cm³/mol. The standard InChI is InChI=1S/C23H20ClN5O3/c1-14-4-7-17(24)10-18(14)28(2)22(30)16-6-9-21-26-12-19(29(21)13-16)15-5-8-20(25-11-15)27-23(31)32-3/h4-13H,1-3H3,(H,25,27,31). The summed E-state index contributed by atoms with van der Waals surface area (Å²) in [4.78, 5) is 34.7. The Kier molecular flexibility index (Phi) is 5.79. The van der Waals surface area contributed by atoms with Crippen LogP contribution in [0.15, 0.2) is 61.1 Å². The highest BCUT2D eigenvalue weighted by atomic mass is 35.5. The molecule has 0 atom stereocenters. The number of pyridine rings is 2. The van der Waals surface area contributed by atoms with Crippen LogP contribution in [0.4, 0.5) is 16.3 Å². The molecule has 1 N–H and O–H groups in total. The first kappa shape index (κ1) is 21.3. The smallest absolute Gasteiger partial charge is 0.412 e. The molecule has 4 aromatic rings. The maximum absolute atomic E-state index is 13.2. The van der Waals surface area contributed by atoms with E-state index in [1.807, 2.05) is 17.4 Å². The number of amides is 2. The van der Waals surface area contributed by atoms with Crippen molar-refractivity contribution in [2.75, 3.05) is 24.4 Å². The topological polar surface area (TPSA) is 88.8 Å². The van der Waals surface area contributed by atoms with Gasteiger partial charge in [0.1, 0.15) is 11.5 Å². The van der Waals surface area contributed by atoms with Crippen LogP contribution in [0.3, 0.4) is 0 Å². The van der Waals surface area contributed by atoms with Crippen LogP contribution in [0, 0.1) is 6.92 Å². The minimum atomic E-state index is -0.595. The average Bonchev–Trinajstić information content (AvgIpc) is 3.23. The molecule has 0 spiro atoms. The molecule has 0 radical (unpaired) electrons. The quantitative estimate of drug-likeness (QED) is 0.482. The molecule has 0 aliphatic carbocycles. The number of carbonyl (C=O) groups is 2. The molecule has 1 aromatic carbocycles. The third-order valence-corrected chi connectivity index (χ3v) is 5.30. The fourth-order valence-corrected chi connectivity index (χ4v) is 3.51. The van der Waals surface area contributed by atoms with Gasteiger partial charge >= 0.3 is 6.09 Å². The second-order valence-electron chi connectivity index (χ2n) is 7.13. The highest BCUT2D eigenvalue weighted by molar-refractivity contribution is 6.31. The van der Waals surface area contributed by atoms with Crippen LogP contribution in [0.25, 0.3) is 16.9 Å². The highest BCUT2D eigenvalue weighted by Crippen LogP contribution is 2.26. The summed E-state index contributed by atoms with van der Waals surface area (Å²) in [7, 11) is 3.00. The van der Waals surface area contributed by atoms with E-state index < -0.39 is 6.09 Å². The summed E-state index contributed by atoms with van der Waals surface area (Å²) in [6.07, 6.45) is 4.47. The Morgan fingerprint density at radius 1 is 1.09 bits per heavy atom. The van der Waals surface area contributed by atoms with Gasteiger partial charge in [0, 0.05) is 35.7 Å². The minimum absolute atomic E-state index is 0.173. The largest absolute Gasteiger partial charge is 0.453 e. The van der Waals surface area contributed by atoms with Gasteiger partial charge in [-0.15, -0.1) is 0 Å². The van der Waals surface area contributed by atoms with E-state index in [0.717, 1.165) is 22.5 Å². The van der Waals surface area contributed by atoms with Crippen molar-refractivity contribution in [3.63, 3.8) is 0 Å². The van der Waals surface area contributed by atoms with Crippen molar-refractivity contribution in [3.8, 4) is 11.3 Å². The Balaban J connectivity index is 1.66. The van der Waals surface area contributed by atoms with E-state index in [1.165, 1.54) is 7.11 Å². The van der Waals surface area contributed by atoms with E-state index in [0.29, 0.717) is 22.1 Å². The van der Waals surface area contributed by atoms with Gasteiger partial charge in [-0.2, -0.15) is 0 Å². The van der Waals surface area contributed by atoms with Crippen molar-refractivity contribution >= 4 is 40.8 Å². The molecular formula is C23H20ClN5O3. The zero-order valence-corrected chi connectivity index (χ0v) is 18.4. The molecule has 2 amide bonds. The molecule has 3 aromatic heterocycles. The van der Waals surface area contributed by atoms with Crippen molar-refractivity contribution in [2.45, 2.75) is 6.92 Å². The fourth-order valence-electron chi connectivity index (χ4n) is 3.34. The van der Waals surface area contributed by atoms with Crippen LogP contribution in [0.1, 0.15) is 15.9 Å². The van der Waals surface area contributed by atoms with Crippen LogP contribution in [0.2, 0.25) is 5.02 Å². The van der Waals surface area contributed by atoms with Gasteiger partial charge in [0.25, 0.3) is 5.91 Å². The van der Waals surface area contributed by atoms with E-state index in [2.05, 4.69) is 20.0 Å². The molecule has 32 heavy (non-hydrogen) atoms. The third kappa shape index (κ3) is 4.13. The van der Waals surface area contributed by atoms with Crippen LogP contribution < -0.4 is 10.2 Å². The molecule has 9 heteroatoms. The first-order valence-electron chi connectivity index (χ1n) is 9.70. The maximum Gasteiger partial charge on any atom is 0.412 e. The number of anilines is 2. The predicted octanol–water partition coefficient (Wildman–Crippen LogP) is 4.81. The Labute approximate surface area is 189 Å². The summed E-state index contributed by atoms with van der Waals surface area (Å²) in [6, 6.07) is 12.4. The number of aryl methyl sites for hydroxylation is 1. The first-order valence-corrected chi connectivity index (χ1v) is 10.1.